The first-order valence-corrected chi connectivity index (χ1v) is 5.61. The van der Waals surface area contributed by atoms with E-state index in [9.17, 15) is 4.79 Å². The van der Waals surface area contributed by atoms with Gasteiger partial charge in [-0.05, 0) is 11.8 Å². The summed E-state index contributed by atoms with van der Waals surface area (Å²) in [5.41, 5.74) is 11.3. The van der Waals surface area contributed by atoms with Crippen LogP contribution in [0.5, 0.6) is 0 Å². The first kappa shape index (κ1) is 15.3. The largest absolute Gasteiger partial charge is 0.437 e. The molecule has 0 aromatic rings. The van der Waals surface area contributed by atoms with Gasteiger partial charge in [-0.1, -0.05) is 27.7 Å². The second kappa shape index (κ2) is 7.60. The molecule has 0 bridgehead atoms. The number of hydrogen-bond acceptors (Lipinski definition) is 5. The summed E-state index contributed by atoms with van der Waals surface area (Å²) in [5, 5.41) is 0. The van der Waals surface area contributed by atoms with Crippen molar-refractivity contribution >= 4 is 5.97 Å². The predicted molar refractivity (Wildman–Crippen MR) is 62.5 cm³/mol. The Morgan fingerprint density at radius 1 is 1.12 bits per heavy atom. The number of carbonyl (C=O) groups is 1. The number of esters is 1. The van der Waals surface area contributed by atoms with Crippen molar-refractivity contribution in [1.82, 2.24) is 0 Å². The Bertz CT molecular complexity index is 207. The second-order valence-electron chi connectivity index (χ2n) is 4.63. The smallest absolute Gasteiger partial charge is 0.325 e. The van der Waals surface area contributed by atoms with E-state index in [4.69, 9.17) is 20.9 Å². The number of rotatable bonds is 7. The van der Waals surface area contributed by atoms with Gasteiger partial charge in [-0.2, -0.15) is 0 Å². The molecule has 5 heteroatoms. The minimum Gasteiger partial charge on any atom is -0.437 e. The predicted octanol–water partition coefficient (Wildman–Crippen LogP) is 0.470. The molecule has 5 nitrogen and oxygen atoms in total. The van der Waals surface area contributed by atoms with E-state index >= 15 is 0 Å². The molecule has 0 radical (unpaired) electrons. The van der Waals surface area contributed by atoms with Crippen LogP contribution in [-0.2, 0) is 14.3 Å². The molecule has 0 amide bonds. The van der Waals surface area contributed by atoms with Gasteiger partial charge in [0.25, 0.3) is 0 Å². The maximum absolute atomic E-state index is 11.3. The van der Waals surface area contributed by atoms with E-state index < -0.39 is 12.0 Å². The molecule has 0 rings (SSSR count). The SMILES string of the molecule is CC(C)C(N)COCOC(=O)C(N)C(C)C. The van der Waals surface area contributed by atoms with E-state index in [1.54, 1.807) is 0 Å². The average molecular weight is 232 g/mol. The van der Waals surface area contributed by atoms with E-state index in [1.807, 2.05) is 27.7 Å². The monoisotopic (exact) mass is 232 g/mol. The lowest BCUT2D eigenvalue weighted by atomic mass is 10.1. The molecule has 16 heavy (non-hydrogen) atoms. The lowest BCUT2D eigenvalue weighted by Gasteiger charge is -2.17. The average Bonchev–Trinajstić information content (AvgIpc) is 2.22. The van der Waals surface area contributed by atoms with Crippen LogP contribution in [0.15, 0.2) is 0 Å². The molecular formula is C11H24N2O3. The molecule has 0 aliphatic carbocycles. The second-order valence-corrected chi connectivity index (χ2v) is 4.63. The third kappa shape index (κ3) is 6.05. The fourth-order valence-corrected chi connectivity index (χ4v) is 0.845. The molecule has 0 aliphatic rings. The van der Waals surface area contributed by atoms with Crippen molar-refractivity contribution < 1.29 is 14.3 Å². The molecule has 2 unspecified atom stereocenters. The van der Waals surface area contributed by atoms with Crippen molar-refractivity contribution in [2.24, 2.45) is 23.3 Å². The highest BCUT2D eigenvalue weighted by atomic mass is 16.7. The molecule has 0 aliphatic heterocycles. The molecule has 0 aromatic heterocycles. The van der Waals surface area contributed by atoms with Crippen LogP contribution in [0.2, 0.25) is 0 Å². The van der Waals surface area contributed by atoms with Crippen LogP contribution < -0.4 is 11.5 Å². The highest BCUT2D eigenvalue weighted by molar-refractivity contribution is 5.75. The van der Waals surface area contributed by atoms with Crippen molar-refractivity contribution in [3.63, 3.8) is 0 Å². The Hall–Kier alpha value is -0.650. The highest BCUT2D eigenvalue weighted by Crippen LogP contribution is 2.01. The van der Waals surface area contributed by atoms with Gasteiger partial charge in [-0.3, -0.25) is 4.79 Å². The summed E-state index contributed by atoms with van der Waals surface area (Å²) in [6.45, 7) is 8.04. The van der Waals surface area contributed by atoms with E-state index in [2.05, 4.69) is 0 Å². The number of carbonyl (C=O) groups excluding carboxylic acids is 1. The van der Waals surface area contributed by atoms with Crippen LogP contribution in [0.3, 0.4) is 0 Å². The van der Waals surface area contributed by atoms with Crippen LogP contribution in [0.25, 0.3) is 0 Å². The Kier molecular flexibility index (Phi) is 7.29. The van der Waals surface area contributed by atoms with Gasteiger partial charge in [0.15, 0.2) is 6.79 Å². The number of ether oxygens (including phenoxy) is 2. The van der Waals surface area contributed by atoms with Gasteiger partial charge >= 0.3 is 5.97 Å². The maximum Gasteiger partial charge on any atom is 0.325 e. The molecule has 0 saturated heterocycles. The summed E-state index contributed by atoms with van der Waals surface area (Å²) in [6, 6.07) is -0.639. The van der Waals surface area contributed by atoms with Gasteiger partial charge in [-0.15, -0.1) is 0 Å². The molecular weight excluding hydrogens is 208 g/mol. The van der Waals surface area contributed by atoms with Gasteiger partial charge in [0.2, 0.25) is 0 Å². The summed E-state index contributed by atoms with van der Waals surface area (Å²) in [7, 11) is 0. The molecule has 4 N–H and O–H groups in total. The van der Waals surface area contributed by atoms with Crippen LogP contribution >= 0.6 is 0 Å². The Labute approximate surface area is 97.5 Å². The molecule has 2 atom stereocenters. The minimum absolute atomic E-state index is 0.0440. The van der Waals surface area contributed by atoms with Gasteiger partial charge < -0.3 is 20.9 Å². The lowest BCUT2D eigenvalue weighted by molar-refractivity contribution is -0.159. The summed E-state index contributed by atoms with van der Waals surface area (Å²) in [4.78, 5) is 11.3. The van der Waals surface area contributed by atoms with E-state index in [-0.39, 0.29) is 18.8 Å². The Balaban J connectivity index is 3.63. The molecule has 0 aromatic carbocycles. The number of nitrogens with two attached hydrogens (primary N) is 2. The molecule has 0 heterocycles. The fraction of sp³-hybridized carbons (Fsp3) is 0.909. The van der Waals surface area contributed by atoms with Crippen molar-refractivity contribution in [3.8, 4) is 0 Å². The standard InChI is InChI=1S/C11H24N2O3/c1-7(2)9(12)5-15-6-16-11(14)10(13)8(3)4/h7-10H,5-6,12-13H2,1-4H3. The van der Waals surface area contributed by atoms with Gasteiger partial charge in [0.05, 0.1) is 6.61 Å². The van der Waals surface area contributed by atoms with Crippen molar-refractivity contribution in [2.75, 3.05) is 13.4 Å². The molecule has 0 spiro atoms. The third-order valence-corrected chi connectivity index (χ3v) is 2.44. The highest BCUT2D eigenvalue weighted by Gasteiger charge is 2.18. The first-order valence-electron chi connectivity index (χ1n) is 5.61. The first-order chi connectivity index (χ1) is 7.36. The van der Waals surface area contributed by atoms with Crippen LogP contribution in [0.1, 0.15) is 27.7 Å². The third-order valence-electron chi connectivity index (χ3n) is 2.44. The maximum atomic E-state index is 11.3. The van der Waals surface area contributed by atoms with Gasteiger partial charge in [0, 0.05) is 6.04 Å². The zero-order valence-corrected chi connectivity index (χ0v) is 10.6. The van der Waals surface area contributed by atoms with Crippen molar-refractivity contribution in [1.29, 1.82) is 0 Å². The van der Waals surface area contributed by atoms with E-state index in [1.165, 1.54) is 0 Å². The van der Waals surface area contributed by atoms with Crippen LogP contribution in [-0.4, -0.2) is 31.5 Å². The summed E-state index contributed by atoms with van der Waals surface area (Å²) in [6.07, 6.45) is 0. The zero-order chi connectivity index (χ0) is 12.7. The zero-order valence-electron chi connectivity index (χ0n) is 10.6. The molecule has 0 saturated carbocycles. The summed E-state index contributed by atoms with van der Waals surface area (Å²) in [5.74, 6) is -0.0350. The Morgan fingerprint density at radius 2 is 1.69 bits per heavy atom. The fourth-order valence-electron chi connectivity index (χ4n) is 0.845. The topological polar surface area (TPSA) is 87.6 Å². The van der Waals surface area contributed by atoms with E-state index in [0.29, 0.717) is 12.5 Å². The normalized spacial score (nSPS) is 15.2. The number of hydrogen-bond donors (Lipinski definition) is 2. The minimum atomic E-state index is -0.595. The van der Waals surface area contributed by atoms with Crippen molar-refractivity contribution in [3.05, 3.63) is 0 Å². The Morgan fingerprint density at radius 3 is 2.12 bits per heavy atom. The van der Waals surface area contributed by atoms with Crippen LogP contribution in [0.4, 0.5) is 0 Å². The molecule has 0 fully saturated rings. The molecule has 96 valence electrons. The quantitative estimate of drug-likeness (QED) is 0.378. The van der Waals surface area contributed by atoms with E-state index in [0.717, 1.165) is 0 Å². The van der Waals surface area contributed by atoms with Gasteiger partial charge in [0.1, 0.15) is 6.04 Å². The van der Waals surface area contributed by atoms with Crippen molar-refractivity contribution in [2.45, 2.75) is 39.8 Å². The van der Waals surface area contributed by atoms with Gasteiger partial charge in [-0.25, -0.2) is 0 Å². The van der Waals surface area contributed by atoms with Crippen LogP contribution in [0, 0.1) is 11.8 Å². The lowest BCUT2D eigenvalue weighted by Crippen LogP contribution is -2.38. The summed E-state index contributed by atoms with van der Waals surface area (Å²) < 4.78 is 9.99. The summed E-state index contributed by atoms with van der Waals surface area (Å²) >= 11 is 0.